The van der Waals surface area contributed by atoms with Gasteiger partial charge < -0.3 is 15.3 Å². The lowest BCUT2D eigenvalue weighted by Gasteiger charge is -2.34. The molecule has 3 rings (SSSR count). The molecule has 1 aromatic rings. The van der Waals surface area contributed by atoms with Gasteiger partial charge in [0.15, 0.2) is 0 Å². The van der Waals surface area contributed by atoms with E-state index in [1.807, 2.05) is 35.2 Å². The number of anilines is 1. The quantitative estimate of drug-likeness (QED) is 0.888. The molecular formula is C16H22N2O2S. The van der Waals surface area contributed by atoms with E-state index in [9.17, 15) is 9.90 Å². The van der Waals surface area contributed by atoms with E-state index < -0.39 is 5.60 Å². The number of carbonyl (C=O) groups excluding carboxylic acids is 1. The maximum absolute atomic E-state index is 12.3. The average molecular weight is 306 g/mol. The highest BCUT2D eigenvalue weighted by atomic mass is 32.2. The molecule has 0 unspecified atom stereocenters. The smallest absolute Gasteiger partial charge is 0.228 e. The van der Waals surface area contributed by atoms with E-state index in [0.717, 1.165) is 36.6 Å². The summed E-state index contributed by atoms with van der Waals surface area (Å²) < 4.78 is 0. The minimum Gasteiger partial charge on any atom is -0.388 e. The summed E-state index contributed by atoms with van der Waals surface area (Å²) in [6.07, 6.45) is 2.30. The Kier molecular flexibility index (Phi) is 4.52. The number of hydrogen-bond acceptors (Lipinski definition) is 4. The number of benzene rings is 1. The Bertz CT molecular complexity index is 488. The van der Waals surface area contributed by atoms with Crippen LogP contribution in [0.25, 0.3) is 0 Å². The lowest BCUT2D eigenvalue weighted by molar-refractivity contribution is -0.120. The first-order valence-corrected chi connectivity index (χ1v) is 8.71. The summed E-state index contributed by atoms with van der Waals surface area (Å²) in [6.45, 7) is 1.34. The molecule has 1 aromatic carbocycles. The van der Waals surface area contributed by atoms with Crippen molar-refractivity contribution in [3.63, 3.8) is 0 Å². The number of para-hydroxylation sites is 1. The van der Waals surface area contributed by atoms with Crippen LogP contribution < -0.4 is 10.2 Å². The standard InChI is InChI=1S/C16H22N2O2S/c19-15-10-13(17-11-16(20)7-9-21-12-16)6-8-18(15)14-4-2-1-3-5-14/h1-5,13,17,20H,6-12H2/t13-,16+/m1/s1. The summed E-state index contributed by atoms with van der Waals surface area (Å²) in [6, 6.07) is 10.0. The molecule has 2 fully saturated rings. The van der Waals surface area contributed by atoms with E-state index in [-0.39, 0.29) is 11.9 Å². The van der Waals surface area contributed by atoms with Crippen LogP contribution in [-0.4, -0.2) is 47.3 Å². The molecule has 0 saturated carbocycles. The first-order valence-electron chi connectivity index (χ1n) is 7.55. The van der Waals surface area contributed by atoms with Crippen molar-refractivity contribution < 1.29 is 9.90 Å². The molecule has 1 amide bonds. The topological polar surface area (TPSA) is 52.6 Å². The molecule has 2 aliphatic heterocycles. The molecule has 0 radical (unpaired) electrons. The molecular weight excluding hydrogens is 284 g/mol. The van der Waals surface area contributed by atoms with Crippen molar-refractivity contribution in [2.75, 3.05) is 29.5 Å². The third kappa shape index (κ3) is 3.59. The van der Waals surface area contributed by atoms with Gasteiger partial charge in [0.05, 0.1) is 5.60 Å². The number of piperidine rings is 1. The Morgan fingerprint density at radius 1 is 1.38 bits per heavy atom. The maximum atomic E-state index is 12.3. The Morgan fingerprint density at radius 3 is 2.86 bits per heavy atom. The number of nitrogens with one attached hydrogen (secondary N) is 1. The van der Waals surface area contributed by atoms with Gasteiger partial charge in [0.1, 0.15) is 0 Å². The zero-order valence-corrected chi connectivity index (χ0v) is 12.9. The van der Waals surface area contributed by atoms with Crippen LogP contribution in [0, 0.1) is 0 Å². The molecule has 114 valence electrons. The minimum absolute atomic E-state index is 0.165. The van der Waals surface area contributed by atoms with Crippen LogP contribution >= 0.6 is 11.8 Å². The van der Waals surface area contributed by atoms with Crippen LogP contribution in [0.15, 0.2) is 30.3 Å². The van der Waals surface area contributed by atoms with Gasteiger partial charge in [-0.1, -0.05) is 18.2 Å². The zero-order valence-electron chi connectivity index (χ0n) is 12.1. The summed E-state index contributed by atoms with van der Waals surface area (Å²) in [5.41, 5.74) is 0.399. The van der Waals surface area contributed by atoms with Crippen molar-refractivity contribution in [2.45, 2.75) is 30.9 Å². The summed E-state index contributed by atoms with van der Waals surface area (Å²) in [5, 5.41) is 13.7. The number of rotatable bonds is 4. The van der Waals surface area contributed by atoms with E-state index in [1.165, 1.54) is 0 Å². The van der Waals surface area contributed by atoms with Gasteiger partial charge in [0.25, 0.3) is 0 Å². The van der Waals surface area contributed by atoms with Crippen molar-refractivity contribution in [3.8, 4) is 0 Å². The Balaban J connectivity index is 1.52. The lowest BCUT2D eigenvalue weighted by atomic mass is 10.00. The Morgan fingerprint density at radius 2 is 2.19 bits per heavy atom. The second-order valence-corrected chi connectivity index (χ2v) is 7.08. The van der Waals surface area contributed by atoms with E-state index in [1.54, 1.807) is 11.8 Å². The van der Waals surface area contributed by atoms with Gasteiger partial charge in [-0.15, -0.1) is 0 Å². The fourth-order valence-corrected chi connectivity index (χ4v) is 4.25. The monoisotopic (exact) mass is 306 g/mol. The number of thioether (sulfide) groups is 1. The third-order valence-electron chi connectivity index (χ3n) is 4.29. The molecule has 2 heterocycles. The SMILES string of the molecule is O=C1C[C@H](NC[C@@]2(O)CCSC2)CCN1c1ccccc1. The largest absolute Gasteiger partial charge is 0.388 e. The predicted molar refractivity (Wildman–Crippen MR) is 86.7 cm³/mol. The molecule has 0 aliphatic carbocycles. The number of aliphatic hydroxyl groups is 1. The fourth-order valence-electron chi connectivity index (χ4n) is 2.96. The summed E-state index contributed by atoms with van der Waals surface area (Å²) >= 11 is 1.80. The highest BCUT2D eigenvalue weighted by Gasteiger charge is 2.33. The van der Waals surface area contributed by atoms with Gasteiger partial charge >= 0.3 is 0 Å². The second-order valence-electron chi connectivity index (χ2n) is 5.98. The van der Waals surface area contributed by atoms with Gasteiger partial charge in [-0.2, -0.15) is 11.8 Å². The van der Waals surface area contributed by atoms with Crippen LogP contribution in [0.2, 0.25) is 0 Å². The van der Waals surface area contributed by atoms with Gasteiger partial charge in [-0.3, -0.25) is 4.79 Å². The van der Waals surface area contributed by atoms with E-state index in [2.05, 4.69) is 5.32 Å². The molecule has 0 spiro atoms. The number of carbonyl (C=O) groups is 1. The van der Waals surface area contributed by atoms with Crippen LogP contribution in [-0.2, 0) is 4.79 Å². The van der Waals surface area contributed by atoms with Gasteiger partial charge in [-0.25, -0.2) is 0 Å². The average Bonchev–Trinajstić information content (AvgIpc) is 2.93. The summed E-state index contributed by atoms with van der Waals surface area (Å²) in [4.78, 5) is 14.2. The highest BCUT2D eigenvalue weighted by Crippen LogP contribution is 2.28. The molecule has 4 nitrogen and oxygen atoms in total. The maximum Gasteiger partial charge on any atom is 0.228 e. The molecule has 21 heavy (non-hydrogen) atoms. The van der Waals surface area contributed by atoms with Gasteiger partial charge in [0.2, 0.25) is 5.91 Å². The van der Waals surface area contributed by atoms with Crippen molar-refractivity contribution in [1.82, 2.24) is 5.32 Å². The molecule has 2 atom stereocenters. The van der Waals surface area contributed by atoms with Crippen molar-refractivity contribution in [2.24, 2.45) is 0 Å². The van der Waals surface area contributed by atoms with E-state index in [4.69, 9.17) is 0 Å². The van der Waals surface area contributed by atoms with E-state index >= 15 is 0 Å². The van der Waals surface area contributed by atoms with Crippen LogP contribution in [0.4, 0.5) is 5.69 Å². The molecule has 5 heteroatoms. The summed E-state index contributed by atoms with van der Waals surface area (Å²) in [7, 11) is 0. The molecule has 2 aliphatic rings. The predicted octanol–water partition coefficient (Wildman–Crippen LogP) is 1.64. The first-order chi connectivity index (χ1) is 10.2. The Hall–Kier alpha value is -1.04. The molecule has 2 saturated heterocycles. The van der Waals surface area contributed by atoms with Crippen molar-refractivity contribution >= 4 is 23.4 Å². The van der Waals surface area contributed by atoms with Crippen LogP contribution in [0.5, 0.6) is 0 Å². The third-order valence-corrected chi connectivity index (χ3v) is 5.53. The van der Waals surface area contributed by atoms with Crippen molar-refractivity contribution in [3.05, 3.63) is 30.3 Å². The van der Waals surface area contributed by atoms with Crippen molar-refractivity contribution in [1.29, 1.82) is 0 Å². The molecule has 0 bridgehead atoms. The molecule has 0 aromatic heterocycles. The highest BCUT2D eigenvalue weighted by molar-refractivity contribution is 7.99. The summed E-state index contributed by atoms with van der Waals surface area (Å²) in [5.74, 6) is 2.00. The second kappa shape index (κ2) is 6.38. The van der Waals surface area contributed by atoms with Gasteiger partial charge in [-0.05, 0) is 30.7 Å². The normalized spacial score (nSPS) is 29.9. The number of nitrogens with zero attached hydrogens (tertiary/aromatic N) is 1. The van der Waals surface area contributed by atoms with Crippen LogP contribution in [0.3, 0.4) is 0 Å². The lowest BCUT2D eigenvalue weighted by Crippen LogP contribution is -2.50. The number of amides is 1. The number of hydrogen-bond donors (Lipinski definition) is 2. The van der Waals surface area contributed by atoms with Gasteiger partial charge in [0, 0.05) is 37.0 Å². The fraction of sp³-hybridized carbons (Fsp3) is 0.562. The van der Waals surface area contributed by atoms with Crippen LogP contribution in [0.1, 0.15) is 19.3 Å². The Labute approximate surface area is 129 Å². The minimum atomic E-state index is -0.579. The molecule has 2 N–H and O–H groups in total. The first kappa shape index (κ1) is 14.9. The van der Waals surface area contributed by atoms with E-state index in [0.29, 0.717) is 13.0 Å². The zero-order chi connectivity index (χ0) is 14.7.